The molecule has 1 atom stereocenters. The van der Waals surface area contributed by atoms with Gasteiger partial charge in [0.2, 0.25) is 0 Å². The molecule has 0 radical (unpaired) electrons. The molecular weight excluding hydrogens is 224 g/mol. The summed E-state index contributed by atoms with van der Waals surface area (Å²) in [6.45, 7) is 2.19. The number of nitrogens with zero attached hydrogens (tertiary/aromatic N) is 3. The van der Waals surface area contributed by atoms with Gasteiger partial charge in [0.15, 0.2) is 0 Å². The first-order chi connectivity index (χ1) is 8.75. The number of rotatable bonds is 2. The molecule has 0 saturated carbocycles. The third kappa shape index (κ3) is 1.97. The molecule has 1 fully saturated rings. The summed E-state index contributed by atoms with van der Waals surface area (Å²) in [6.07, 6.45) is 6.61. The van der Waals surface area contributed by atoms with Gasteiger partial charge in [0.25, 0.3) is 0 Å². The molecule has 96 valence electrons. The fourth-order valence-electron chi connectivity index (χ4n) is 2.66. The molecule has 1 N–H and O–H groups in total. The van der Waals surface area contributed by atoms with Crippen LogP contribution in [0.2, 0.25) is 0 Å². The second kappa shape index (κ2) is 4.61. The van der Waals surface area contributed by atoms with Crippen molar-refractivity contribution in [1.29, 1.82) is 0 Å². The van der Waals surface area contributed by atoms with Crippen molar-refractivity contribution < 1.29 is 0 Å². The number of anilines is 1. The summed E-state index contributed by atoms with van der Waals surface area (Å²) in [6, 6.07) is 4.33. The maximum atomic E-state index is 4.62. The number of hydrogen-bond acceptors (Lipinski definition) is 3. The second-order valence-corrected chi connectivity index (χ2v) is 5.23. The highest BCUT2D eigenvalue weighted by molar-refractivity contribution is 5.59. The molecule has 0 aromatic carbocycles. The first-order valence-corrected chi connectivity index (χ1v) is 6.61. The number of aromatic nitrogens is 2. The van der Waals surface area contributed by atoms with Crippen molar-refractivity contribution in [3.8, 4) is 0 Å². The monoisotopic (exact) mass is 244 g/mol. The van der Waals surface area contributed by atoms with Crippen molar-refractivity contribution in [3.05, 3.63) is 30.4 Å². The van der Waals surface area contributed by atoms with Gasteiger partial charge in [-0.25, -0.2) is 4.98 Å². The van der Waals surface area contributed by atoms with Crippen LogP contribution in [0.1, 0.15) is 24.6 Å². The first kappa shape index (κ1) is 11.5. The lowest BCUT2D eigenvalue weighted by atomic mass is 9.99. The van der Waals surface area contributed by atoms with Gasteiger partial charge in [-0.05, 0) is 31.5 Å². The van der Waals surface area contributed by atoms with Crippen molar-refractivity contribution >= 4 is 11.2 Å². The summed E-state index contributed by atoms with van der Waals surface area (Å²) in [5, 5.41) is 3.46. The van der Waals surface area contributed by atoms with E-state index in [4.69, 9.17) is 0 Å². The van der Waals surface area contributed by atoms with Gasteiger partial charge < -0.3 is 14.6 Å². The zero-order valence-corrected chi connectivity index (χ0v) is 11.1. The molecule has 4 nitrogen and oxygen atoms in total. The predicted octanol–water partition coefficient (Wildman–Crippen LogP) is 1.87. The minimum absolute atomic E-state index is 0.548. The molecule has 1 unspecified atom stereocenters. The summed E-state index contributed by atoms with van der Waals surface area (Å²) >= 11 is 0. The van der Waals surface area contributed by atoms with Gasteiger partial charge >= 0.3 is 0 Å². The third-order valence-electron chi connectivity index (χ3n) is 3.72. The Hall–Kier alpha value is -1.55. The lowest BCUT2D eigenvalue weighted by Gasteiger charge is -2.22. The Bertz CT molecular complexity index is 538. The zero-order chi connectivity index (χ0) is 12.5. The first-order valence-electron chi connectivity index (χ1n) is 6.61. The number of piperidine rings is 1. The summed E-state index contributed by atoms with van der Waals surface area (Å²) in [4.78, 5) is 6.74. The van der Waals surface area contributed by atoms with Crippen LogP contribution in [0.3, 0.4) is 0 Å². The zero-order valence-electron chi connectivity index (χ0n) is 11.1. The van der Waals surface area contributed by atoms with E-state index in [1.54, 1.807) is 0 Å². The van der Waals surface area contributed by atoms with Crippen molar-refractivity contribution in [2.45, 2.75) is 18.8 Å². The molecule has 0 amide bonds. The topological polar surface area (TPSA) is 32.6 Å². The molecule has 1 aliphatic rings. The van der Waals surface area contributed by atoms with E-state index in [9.17, 15) is 0 Å². The quantitative estimate of drug-likeness (QED) is 0.875. The summed E-state index contributed by atoms with van der Waals surface area (Å²) in [5.74, 6) is 1.74. The Morgan fingerprint density at radius 3 is 3.06 bits per heavy atom. The van der Waals surface area contributed by atoms with Crippen LogP contribution in [0.15, 0.2) is 24.5 Å². The van der Waals surface area contributed by atoms with E-state index < -0.39 is 0 Å². The standard InChI is InChI=1S/C14H20N4/c1-17(2)12-5-7-18-13(8-12)10-16-14(18)11-4-3-6-15-9-11/h5,7-8,10-11,15H,3-4,6,9H2,1-2H3. The van der Waals surface area contributed by atoms with Crippen molar-refractivity contribution in [2.75, 3.05) is 32.1 Å². The van der Waals surface area contributed by atoms with E-state index in [2.05, 4.69) is 52.0 Å². The Labute approximate surface area is 108 Å². The van der Waals surface area contributed by atoms with Crippen LogP contribution in [-0.4, -0.2) is 36.6 Å². The predicted molar refractivity (Wildman–Crippen MR) is 74.4 cm³/mol. The number of pyridine rings is 1. The van der Waals surface area contributed by atoms with Crippen LogP contribution >= 0.6 is 0 Å². The Morgan fingerprint density at radius 2 is 2.33 bits per heavy atom. The molecule has 3 rings (SSSR count). The Kier molecular flexibility index (Phi) is 2.96. The van der Waals surface area contributed by atoms with Gasteiger partial charge in [0.1, 0.15) is 5.82 Å². The number of nitrogens with one attached hydrogen (secondary N) is 1. The van der Waals surface area contributed by atoms with Gasteiger partial charge in [-0.3, -0.25) is 0 Å². The van der Waals surface area contributed by atoms with Crippen LogP contribution in [0, 0.1) is 0 Å². The molecule has 3 heterocycles. The van der Waals surface area contributed by atoms with Crippen LogP contribution in [-0.2, 0) is 0 Å². The normalized spacial score (nSPS) is 20.2. The van der Waals surface area contributed by atoms with E-state index in [-0.39, 0.29) is 0 Å². The van der Waals surface area contributed by atoms with E-state index in [1.165, 1.54) is 29.9 Å². The molecule has 0 aliphatic carbocycles. The van der Waals surface area contributed by atoms with E-state index in [0.717, 1.165) is 13.1 Å². The average Bonchev–Trinajstić information content (AvgIpc) is 2.82. The Balaban J connectivity index is 1.98. The van der Waals surface area contributed by atoms with Crippen LogP contribution in [0.4, 0.5) is 5.69 Å². The lowest BCUT2D eigenvalue weighted by molar-refractivity contribution is 0.445. The van der Waals surface area contributed by atoms with E-state index in [0.29, 0.717) is 5.92 Å². The molecule has 4 heteroatoms. The molecule has 0 bridgehead atoms. The van der Waals surface area contributed by atoms with Gasteiger partial charge in [0, 0.05) is 38.4 Å². The van der Waals surface area contributed by atoms with Crippen molar-refractivity contribution in [2.24, 2.45) is 0 Å². The molecule has 2 aromatic rings. The maximum absolute atomic E-state index is 4.62. The smallest absolute Gasteiger partial charge is 0.117 e. The molecule has 0 spiro atoms. The van der Waals surface area contributed by atoms with Crippen molar-refractivity contribution in [3.63, 3.8) is 0 Å². The van der Waals surface area contributed by atoms with Gasteiger partial charge in [-0.15, -0.1) is 0 Å². The average molecular weight is 244 g/mol. The number of fused-ring (bicyclic) bond motifs is 1. The molecular formula is C14H20N4. The Morgan fingerprint density at radius 1 is 1.44 bits per heavy atom. The number of hydrogen-bond donors (Lipinski definition) is 1. The second-order valence-electron chi connectivity index (χ2n) is 5.23. The molecule has 1 aliphatic heterocycles. The highest BCUT2D eigenvalue weighted by atomic mass is 15.1. The minimum atomic E-state index is 0.548. The fraction of sp³-hybridized carbons (Fsp3) is 0.500. The van der Waals surface area contributed by atoms with E-state index >= 15 is 0 Å². The fourth-order valence-corrected chi connectivity index (χ4v) is 2.66. The summed E-state index contributed by atoms with van der Waals surface area (Å²) < 4.78 is 2.23. The molecule has 1 saturated heterocycles. The highest BCUT2D eigenvalue weighted by Gasteiger charge is 2.19. The maximum Gasteiger partial charge on any atom is 0.117 e. The number of imidazole rings is 1. The van der Waals surface area contributed by atoms with Gasteiger partial charge in [0.05, 0.1) is 11.7 Å². The molecule has 18 heavy (non-hydrogen) atoms. The SMILES string of the molecule is CN(C)c1ccn2c(C3CCCNC3)ncc2c1. The summed E-state index contributed by atoms with van der Waals surface area (Å²) in [5.41, 5.74) is 2.40. The van der Waals surface area contributed by atoms with Crippen LogP contribution in [0.5, 0.6) is 0 Å². The van der Waals surface area contributed by atoms with Gasteiger partial charge in [-0.2, -0.15) is 0 Å². The minimum Gasteiger partial charge on any atom is -0.378 e. The molecule has 2 aromatic heterocycles. The third-order valence-corrected chi connectivity index (χ3v) is 3.72. The van der Waals surface area contributed by atoms with E-state index in [1.807, 2.05) is 6.20 Å². The van der Waals surface area contributed by atoms with Crippen LogP contribution in [0.25, 0.3) is 5.52 Å². The summed E-state index contributed by atoms with van der Waals surface area (Å²) in [7, 11) is 4.13. The highest BCUT2D eigenvalue weighted by Crippen LogP contribution is 2.24. The van der Waals surface area contributed by atoms with Crippen LogP contribution < -0.4 is 10.2 Å². The van der Waals surface area contributed by atoms with Gasteiger partial charge in [-0.1, -0.05) is 0 Å². The lowest BCUT2D eigenvalue weighted by Crippen LogP contribution is -2.29. The van der Waals surface area contributed by atoms with Crippen molar-refractivity contribution in [1.82, 2.24) is 14.7 Å². The largest absolute Gasteiger partial charge is 0.378 e.